The van der Waals surface area contributed by atoms with Crippen LogP contribution in [0.25, 0.3) is 0 Å². The van der Waals surface area contributed by atoms with Gasteiger partial charge in [0.25, 0.3) is 0 Å². The Morgan fingerprint density at radius 2 is 1.96 bits per heavy atom. The highest BCUT2D eigenvalue weighted by Gasteiger charge is 2.31. The molecule has 2 aliphatic rings. The molecule has 1 aliphatic heterocycles. The van der Waals surface area contributed by atoms with Crippen molar-refractivity contribution in [3.63, 3.8) is 0 Å². The molecule has 1 saturated heterocycles. The Balaban J connectivity index is 1.55. The number of benzene rings is 1. The molecule has 2 fully saturated rings. The first kappa shape index (κ1) is 15.4. The van der Waals surface area contributed by atoms with E-state index in [2.05, 4.69) is 32.6 Å². The molecule has 24 heavy (non-hydrogen) atoms. The van der Waals surface area contributed by atoms with Gasteiger partial charge in [-0.2, -0.15) is 0 Å². The maximum Gasteiger partial charge on any atom is 0.165 e. The van der Waals surface area contributed by atoms with E-state index in [1.807, 2.05) is 10.7 Å². The van der Waals surface area contributed by atoms with E-state index < -0.39 is 0 Å². The zero-order chi connectivity index (χ0) is 16.5. The maximum atomic E-state index is 5.46. The van der Waals surface area contributed by atoms with Crippen molar-refractivity contribution in [3.05, 3.63) is 29.6 Å². The fourth-order valence-corrected chi connectivity index (χ4v) is 3.55. The van der Waals surface area contributed by atoms with Gasteiger partial charge in [-0.05, 0) is 60.4 Å². The molecule has 1 aromatic carbocycles. The average molecular weight is 329 g/mol. The first-order chi connectivity index (χ1) is 11.8. The lowest BCUT2D eigenvalue weighted by Gasteiger charge is -2.25. The quantitative estimate of drug-likeness (QED) is 0.810. The van der Waals surface area contributed by atoms with Gasteiger partial charge in [0.05, 0.1) is 26.8 Å². The third kappa shape index (κ3) is 2.84. The second-order valence-electron chi connectivity index (χ2n) is 6.51. The molecule has 2 aromatic rings. The van der Waals surface area contributed by atoms with Gasteiger partial charge in [0.2, 0.25) is 0 Å². The molecule has 0 radical (unpaired) electrons. The molecule has 0 N–H and O–H groups in total. The van der Waals surface area contributed by atoms with Gasteiger partial charge in [-0.15, -0.1) is 5.10 Å². The Morgan fingerprint density at radius 1 is 1.12 bits per heavy atom. The maximum absolute atomic E-state index is 5.46. The summed E-state index contributed by atoms with van der Waals surface area (Å²) >= 11 is 0. The number of methoxy groups -OCH3 is 2. The second-order valence-corrected chi connectivity index (χ2v) is 6.51. The molecule has 1 aliphatic carbocycles. The fraction of sp³-hybridized carbons (Fsp3) is 0.588. The minimum atomic E-state index is 0.370. The van der Waals surface area contributed by atoms with E-state index in [1.54, 1.807) is 14.2 Å². The number of nitrogens with zero attached hydrogens (tertiary/aromatic N) is 5. The first-order valence-corrected chi connectivity index (χ1v) is 8.53. The molecule has 0 bridgehead atoms. The van der Waals surface area contributed by atoms with Crippen molar-refractivity contribution in [2.75, 3.05) is 20.8 Å². The van der Waals surface area contributed by atoms with Crippen molar-refractivity contribution in [3.8, 4) is 11.5 Å². The Labute approximate surface area is 141 Å². The van der Waals surface area contributed by atoms with E-state index in [9.17, 15) is 0 Å². The zero-order valence-corrected chi connectivity index (χ0v) is 14.2. The van der Waals surface area contributed by atoms with Gasteiger partial charge in [-0.1, -0.05) is 6.07 Å². The van der Waals surface area contributed by atoms with Crippen molar-refractivity contribution in [2.45, 2.75) is 44.3 Å². The van der Waals surface area contributed by atoms with Gasteiger partial charge < -0.3 is 9.47 Å². The van der Waals surface area contributed by atoms with Crippen molar-refractivity contribution >= 4 is 0 Å². The van der Waals surface area contributed by atoms with Crippen molar-refractivity contribution in [1.29, 1.82) is 0 Å². The van der Waals surface area contributed by atoms with Crippen LogP contribution in [0.3, 0.4) is 0 Å². The second kappa shape index (κ2) is 6.39. The Hall–Kier alpha value is -2.15. The first-order valence-electron chi connectivity index (χ1n) is 8.53. The molecule has 0 unspecified atom stereocenters. The van der Waals surface area contributed by atoms with Crippen LogP contribution in [0.2, 0.25) is 0 Å². The fourth-order valence-electron chi connectivity index (χ4n) is 3.55. The highest BCUT2D eigenvalue weighted by atomic mass is 16.5. The number of hydrogen-bond donors (Lipinski definition) is 0. The van der Waals surface area contributed by atoms with Crippen molar-refractivity contribution in [1.82, 2.24) is 25.1 Å². The van der Waals surface area contributed by atoms with Crippen LogP contribution >= 0.6 is 0 Å². The van der Waals surface area contributed by atoms with Crippen LogP contribution in [0.4, 0.5) is 0 Å². The number of rotatable bonds is 6. The molecule has 0 spiro atoms. The number of ether oxygens (including phenoxy) is 2. The SMILES string of the molecule is COc1ccc([C@H]2CCCN2Cc2nnnn2C2CC2)cc1OC. The van der Waals surface area contributed by atoms with E-state index in [4.69, 9.17) is 9.47 Å². The number of likely N-dealkylation sites (tertiary alicyclic amines) is 1. The summed E-state index contributed by atoms with van der Waals surface area (Å²) in [6.07, 6.45) is 4.71. The minimum Gasteiger partial charge on any atom is -0.493 e. The van der Waals surface area contributed by atoms with Crippen LogP contribution in [0.5, 0.6) is 11.5 Å². The third-order valence-electron chi connectivity index (χ3n) is 4.95. The van der Waals surface area contributed by atoms with Crippen LogP contribution in [0, 0.1) is 0 Å². The van der Waals surface area contributed by atoms with Crippen molar-refractivity contribution < 1.29 is 9.47 Å². The normalized spacial score (nSPS) is 21.2. The summed E-state index contributed by atoms with van der Waals surface area (Å²) in [4.78, 5) is 2.46. The third-order valence-corrected chi connectivity index (χ3v) is 4.95. The molecule has 128 valence electrons. The van der Waals surface area contributed by atoms with E-state index >= 15 is 0 Å². The topological polar surface area (TPSA) is 65.3 Å². The highest BCUT2D eigenvalue weighted by molar-refractivity contribution is 5.44. The Kier molecular flexibility index (Phi) is 4.10. The van der Waals surface area contributed by atoms with Gasteiger partial charge in [0.1, 0.15) is 0 Å². The van der Waals surface area contributed by atoms with Gasteiger partial charge >= 0.3 is 0 Å². The van der Waals surface area contributed by atoms with Crippen LogP contribution in [0.1, 0.15) is 49.2 Å². The lowest BCUT2D eigenvalue weighted by Crippen LogP contribution is -2.25. The lowest BCUT2D eigenvalue weighted by molar-refractivity contribution is 0.236. The summed E-state index contributed by atoms with van der Waals surface area (Å²) in [6, 6.07) is 7.09. The van der Waals surface area contributed by atoms with Gasteiger partial charge in [-0.25, -0.2) is 4.68 Å². The summed E-state index contributed by atoms with van der Waals surface area (Å²) in [7, 11) is 3.34. The van der Waals surface area contributed by atoms with E-state index in [0.29, 0.717) is 12.1 Å². The number of aromatic nitrogens is 4. The monoisotopic (exact) mass is 329 g/mol. The van der Waals surface area contributed by atoms with Gasteiger partial charge in [0, 0.05) is 6.04 Å². The van der Waals surface area contributed by atoms with Crippen molar-refractivity contribution in [2.24, 2.45) is 0 Å². The lowest BCUT2D eigenvalue weighted by atomic mass is 10.0. The summed E-state index contributed by atoms with van der Waals surface area (Å²) in [5.41, 5.74) is 1.26. The predicted molar refractivity (Wildman–Crippen MR) is 88.0 cm³/mol. The molecule has 1 saturated carbocycles. The van der Waals surface area contributed by atoms with Gasteiger partial charge in [0.15, 0.2) is 17.3 Å². The molecule has 4 rings (SSSR count). The number of hydrogen-bond acceptors (Lipinski definition) is 6. The molecule has 0 amide bonds. The zero-order valence-electron chi connectivity index (χ0n) is 14.2. The average Bonchev–Trinajstić information content (AvgIpc) is 3.18. The summed E-state index contributed by atoms with van der Waals surface area (Å²) < 4.78 is 12.8. The molecular formula is C17H23N5O2. The minimum absolute atomic E-state index is 0.370. The Bertz CT molecular complexity index is 713. The molecule has 1 aromatic heterocycles. The predicted octanol–water partition coefficient (Wildman–Crippen LogP) is 2.36. The van der Waals surface area contributed by atoms with Crippen LogP contribution in [0.15, 0.2) is 18.2 Å². The van der Waals surface area contributed by atoms with E-state index in [1.165, 1.54) is 24.8 Å². The van der Waals surface area contributed by atoms with E-state index in [-0.39, 0.29) is 0 Å². The molecule has 7 nitrogen and oxygen atoms in total. The Morgan fingerprint density at radius 3 is 2.71 bits per heavy atom. The largest absolute Gasteiger partial charge is 0.493 e. The molecule has 7 heteroatoms. The molecule has 1 atom stereocenters. The summed E-state index contributed by atoms with van der Waals surface area (Å²) in [5.74, 6) is 2.53. The molecule has 2 heterocycles. The van der Waals surface area contributed by atoms with Gasteiger partial charge in [-0.3, -0.25) is 4.90 Å². The summed E-state index contributed by atoms with van der Waals surface area (Å²) in [6.45, 7) is 1.86. The standard InChI is InChI=1S/C17H23N5O2/c1-23-15-8-5-12(10-16(15)24-2)14-4-3-9-21(14)11-17-18-19-20-22(17)13-6-7-13/h5,8,10,13-14H,3-4,6-7,9,11H2,1-2H3/t14-/m1/s1. The van der Waals surface area contributed by atoms with Crippen LogP contribution in [-0.4, -0.2) is 45.9 Å². The van der Waals surface area contributed by atoms with Crippen LogP contribution < -0.4 is 9.47 Å². The number of tetrazole rings is 1. The highest BCUT2D eigenvalue weighted by Crippen LogP contribution is 2.38. The molecular weight excluding hydrogens is 306 g/mol. The summed E-state index contributed by atoms with van der Waals surface area (Å²) in [5, 5.41) is 12.3. The smallest absolute Gasteiger partial charge is 0.165 e. The van der Waals surface area contributed by atoms with E-state index in [0.717, 1.165) is 36.8 Å². The van der Waals surface area contributed by atoms with Crippen LogP contribution in [-0.2, 0) is 6.54 Å².